The highest BCUT2D eigenvalue weighted by atomic mass is 16.5. The number of carbonyl (C=O) groups excluding carboxylic acids is 1. The van der Waals surface area contributed by atoms with Crippen LogP contribution in [-0.4, -0.2) is 17.0 Å². The van der Waals surface area contributed by atoms with Crippen molar-refractivity contribution in [2.24, 2.45) is 0 Å². The lowest BCUT2D eigenvalue weighted by atomic mass is 10.1. The van der Waals surface area contributed by atoms with E-state index in [9.17, 15) is 9.59 Å². The molecule has 2 rings (SSSR count). The predicted octanol–water partition coefficient (Wildman–Crippen LogP) is 2.31. The second kappa shape index (κ2) is 6.72. The first-order valence-electron chi connectivity index (χ1n) is 6.93. The first-order chi connectivity index (χ1) is 10.6. The molecule has 0 aliphatic carbocycles. The Morgan fingerprint density at radius 2 is 1.95 bits per heavy atom. The van der Waals surface area contributed by atoms with Crippen LogP contribution in [0.5, 0.6) is 5.75 Å². The molecule has 0 saturated carbocycles. The van der Waals surface area contributed by atoms with Gasteiger partial charge in [-0.2, -0.15) is 5.26 Å². The Hall–Kier alpha value is -2.87. The molecule has 0 unspecified atom stereocenters. The molecule has 0 aliphatic heterocycles. The summed E-state index contributed by atoms with van der Waals surface area (Å²) in [6.45, 7) is 4.04. The number of aromatic nitrogens is 1. The lowest BCUT2D eigenvalue weighted by molar-refractivity contribution is 0.0971. The van der Waals surface area contributed by atoms with Gasteiger partial charge in [0.15, 0.2) is 5.78 Å². The third kappa shape index (κ3) is 3.23. The zero-order chi connectivity index (χ0) is 16.1. The molecule has 0 fully saturated rings. The van der Waals surface area contributed by atoms with E-state index in [1.165, 1.54) is 10.8 Å². The third-order valence-electron chi connectivity index (χ3n) is 3.29. The molecule has 0 radical (unpaired) electrons. The number of ketones is 1. The maximum atomic E-state index is 12.2. The van der Waals surface area contributed by atoms with E-state index >= 15 is 0 Å². The van der Waals surface area contributed by atoms with Gasteiger partial charge in [0.05, 0.1) is 13.2 Å². The lowest BCUT2D eigenvalue weighted by Crippen LogP contribution is -2.26. The van der Waals surface area contributed by atoms with Crippen LogP contribution in [0.25, 0.3) is 0 Å². The molecule has 0 saturated heterocycles. The minimum absolute atomic E-state index is 0.0713. The van der Waals surface area contributed by atoms with Gasteiger partial charge in [-0.05, 0) is 49.7 Å². The Bertz CT molecular complexity index is 783. The fourth-order valence-electron chi connectivity index (χ4n) is 2.08. The maximum absolute atomic E-state index is 12.2. The van der Waals surface area contributed by atoms with Crippen LogP contribution in [0.1, 0.15) is 28.4 Å². The van der Waals surface area contributed by atoms with Crippen LogP contribution in [0.2, 0.25) is 0 Å². The van der Waals surface area contributed by atoms with Crippen LogP contribution >= 0.6 is 0 Å². The predicted molar refractivity (Wildman–Crippen MR) is 82.1 cm³/mol. The standard InChI is InChI=1S/C17H16N2O3/c1-3-22-14-6-4-13(5-7-14)16(20)11-19-9-8-12(2)15(10-18)17(19)21/h4-9H,3,11H2,1-2H3. The Labute approximate surface area is 128 Å². The maximum Gasteiger partial charge on any atom is 0.269 e. The SMILES string of the molecule is CCOc1ccc(C(=O)Cn2ccc(C)c(C#N)c2=O)cc1. The number of nitrogens with zero attached hydrogens (tertiary/aromatic N) is 2. The van der Waals surface area contributed by atoms with Gasteiger partial charge in [-0.15, -0.1) is 0 Å². The van der Waals surface area contributed by atoms with E-state index < -0.39 is 5.56 Å². The molecule has 0 amide bonds. The van der Waals surface area contributed by atoms with Gasteiger partial charge in [-0.3, -0.25) is 9.59 Å². The Kier molecular flexibility index (Phi) is 4.74. The largest absolute Gasteiger partial charge is 0.494 e. The molecule has 22 heavy (non-hydrogen) atoms. The average Bonchev–Trinajstić information content (AvgIpc) is 2.51. The summed E-state index contributed by atoms with van der Waals surface area (Å²) in [5.41, 5.74) is 0.732. The third-order valence-corrected chi connectivity index (χ3v) is 3.29. The van der Waals surface area contributed by atoms with Gasteiger partial charge in [0.2, 0.25) is 0 Å². The summed E-state index contributed by atoms with van der Waals surface area (Å²) in [5.74, 6) is 0.496. The molecule has 0 spiro atoms. The van der Waals surface area contributed by atoms with Gasteiger partial charge >= 0.3 is 0 Å². The van der Waals surface area contributed by atoms with Crippen molar-refractivity contribution in [3.05, 3.63) is 63.6 Å². The van der Waals surface area contributed by atoms with Crippen molar-refractivity contribution in [3.63, 3.8) is 0 Å². The van der Waals surface area contributed by atoms with E-state index in [1.807, 2.05) is 13.0 Å². The van der Waals surface area contributed by atoms with Gasteiger partial charge in [0, 0.05) is 11.8 Å². The minimum Gasteiger partial charge on any atom is -0.494 e. The Morgan fingerprint density at radius 1 is 1.27 bits per heavy atom. The van der Waals surface area contributed by atoms with E-state index in [2.05, 4.69) is 0 Å². The molecule has 5 nitrogen and oxygen atoms in total. The minimum atomic E-state index is -0.443. The molecule has 0 atom stereocenters. The number of hydrogen-bond donors (Lipinski definition) is 0. The highest BCUT2D eigenvalue weighted by Gasteiger charge is 2.11. The molecular weight excluding hydrogens is 280 g/mol. The fourth-order valence-corrected chi connectivity index (χ4v) is 2.08. The van der Waals surface area contributed by atoms with Crippen LogP contribution in [0.3, 0.4) is 0 Å². The topological polar surface area (TPSA) is 72.1 Å². The monoisotopic (exact) mass is 296 g/mol. The Balaban J connectivity index is 2.22. The number of benzene rings is 1. The summed E-state index contributed by atoms with van der Waals surface area (Å²) in [4.78, 5) is 24.3. The van der Waals surface area contributed by atoms with Crippen molar-refractivity contribution in [1.29, 1.82) is 5.26 Å². The number of rotatable bonds is 5. The van der Waals surface area contributed by atoms with Crippen LogP contribution in [0, 0.1) is 18.3 Å². The van der Waals surface area contributed by atoms with Crippen molar-refractivity contribution in [2.75, 3.05) is 6.61 Å². The van der Waals surface area contributed by atoms with Gasteiger partial charge in [0.25, 0.3) is 5.56 Å². The van der Waals surface area contributed by atoms with Crippen molar-refractivity contribution in [2.45, 2.75) is 20.4 Å². The number of carbonyl (C=O) groups is 1. The number of aryl methyl sites for hydroxylation is 1. The van der Waals surface area contributed by atoms with Crippen LogP contribution in [0.15, 0.2) is 41.3 Å². The fraction of sp³-hybridized carbons (Fsp3) is 0.235. The van der Waals surface area contributed by atoms with Crippen LogP contribution in [0.4, 0.5) is 0 Å². The molecule has 5 heteroatoms. The molecule has 2 aromatic rings. The van der Waals surface area contributed by atoms with Crippen LogP contribution < -0.4 is 10.3 Å². The van der Waals surface area contributed by atoms with Crippen molar-refractivity contribution in [3.8, 4) is 11.8 Å². The van der Waals surface area contributed by atoms with E-state index in [0.717, 1.165) is 0 Å². The number of Topliss-reactive ketones (excluding diaryl/α,β-unsaturated/α-hetero) is 1. The van der Waals surface area contributed by atoms with Gasteiger partial charge in [-0.25, -0.2) is 0 Å². The Morgan fingerprint density at radius 3 is 2.55 bits per heavy atom. The second-order valence-electron chi connectivity index (χ2n) is 4.80. The normalized spacial score (nSPS) is 10.0. The first kappa shape index (κ1) is 15.5. The van der Waals surface area contributed by atoms with E-state index in [1.54, 1.807) is 37.3 Å². The molecule has 1 aromatic carbocycles. The van der Waals surface area contributed by atoms with Crippen molar-refractivity contribution in [1.82, 2.24) is 4.57 Å². The molecule has 0 bridgehead atoms. The number of ether oxygens (including phenoxy) is 1. The quantitative estimate of drug-likeness (QED) is 0.794. The molecule has 0 aliphatic rings. The molecule has 112 valence electrons. The smallest absolute Gasteiger partial charge is 0.269 e. The highest BCUT2D eigenvalue weighted by molar-refractivity contribution is 5.96. The molecule has 0 N–H and O–H groups in total. The van der Waals surface area contributed by atoms with Crippen molar-refractivity contribution < 1.29 is 9.53 Å². The van der Waals surface area contributed by atoms with Gasteiger partial charge in [-0.1, -0.05) is 0 Å². The van der Waals surface area contributed by atoms with Crippen LogP contribution in [-0.2, 0) is 6.54 Å². The average molecular weight is 296 g/mol. The number of hydrogen-bond acceptors (Lipinski definition) is 4. The van der Waals surface area contributed by atoms with E-state index in [4.69, 9.17) is 10.00 Å². The zero-order valence-corrected chi connectivity index (χ0v) is 12.5. The van der Waals surface area contributed by atoms with E-state index in [0.29, 0.717) is 23.5 Å². The number of nitriles is 1. The number of pyridine rings is 1. The summed E-state index contributed by atoms with van der Waals surface area (Å²) in [6.07, 6.45) is 1.53. The summed E-state index contributed by atoms with van der Waals surface area (Å²) in [6, 6.07) is 10.3. The van der Waals surface area contributed by atoms with Crippen molar-refractivity contribution >= 4 is 5.78 Å². The first-order valence-corrected chi connectivity index (χ1v) is 6.93. The molecular formula is C17H16N2O3. The second-order valence-corrected chi connectivity index (χ2v) is 4.80. The summed E-state index contributed by atoms with van der Waals surface area (Å²) < 4.78 is 6.57. The van der Waals surface area contributed by atoms with Gasteiger partial charge < -0.3 is 9.30 Å². The summed E-state index contributed by atoms with van der Waals surface area (Å²) >= 11 is 0. The highest BCUT2D eigenvalue weighted by Crippen LogP contribution is 2.13. The molecule has 1 heterocycles. The van der Waals surface area contributed by atoms with Gasteiger partial charge in [0.1, 0.15) is 17.4 Å². The van der Waals surface area contributed by atoms with E-state index in [-0.39, 0.29) is 17.9 Å². The summed E-state index contributed by atoms with van der Waals surface area (Å²) in [5, 5.41) is 8.99. The zero-order valence-electron chi connectivity index (χ0n) is 12.5. The summed E-state index contributed by atoms with van der Waals surface area (Å²) in [7, 11) is 0. The molecule has 1 aromatic heterocycles. The lowest BCUT2D eigenvalue weighted by Gasteiger charge is -2.08.